The zero-order valence-electron chi connectivity index (χ0n) is 6.59. The molecule has 1 rings (SSSR count). The average molecular weight is 173 g/mol. The van der Waals surface area contributed by atoms with Crippen LogP contribution in [0.5, 0.6) is 0 Å². The van der Waals surface area contributed by atoms with Crippen LogP contribution >= 0.6 is 11.8 Å². The molecule has 0 amide bonds. The van der Waals surface area contributed by atoms with E-state index in [-0.39, 0.29) is 17.1 Å². The zero-order valence-corrected chi connectivity index (χ0v) is 7.40. The summed E-state index contributed by atoms with van der Waals surface area (Å²) in [5.41, 5.74) is 0.502. The predicted octanol–water partition coefficient (Wildman–Crippen LogP) is 0.931. The van der Waals surface area contributed by atoms with E-state index in [1.54, 1.807) is 0 Å². The van der Waals surface area contributed by atoms with Gasteiger partial charge in [-0.25, -0.2) is 0 Å². The van der Waals surface area contributed by atoms with E-state index in [0.717, 1.165) is 5.75 Å². The second-order valence-corrected chi connectivity index (χ2v) is 3.73. The van der Waals surface area contributed by atoms with Crippen LogP contribution in [0.3, 0.4) is 0 Å². The summed E-state index contributed by atoms with van der Waals surface area (Å²) >= 11 is 1.49. The molecule has 0 saturated carbocycles. The molecule has 3 nitrogen and oxygen atoms in total. The number of ether oxygens (including phenoxy) is 1. The minimum absolute atomic E-state index is 0.226. The van der Waals surface area contributed by atoms with Crippen molar-refractivity contribution in [3.63, 3.8) is 0 Å². The molecule has 2 atom stereocenters. The molecule has 0 unspecified atom stereocenters. The van der Waals surface area contributed by atoms with Gasteiger partial charge in [-0.15, -0.1) is 11.8 Å². The molecule has 1 N–H and O–H groups in total. The van der Waals surface area contributed by atoms with Crippen molar-refractivity contribution in [2.75, 3.05) is 12.9 Å². The molecule has 0 radical (unpaired) electrons. The minimum Gasteiger partial charge on any atom is -0.468 e. The first-order chi connectivity index (χ1) is 5.16. The number of carbonyl (C=O) groups is 1. The lowest BCUT2D eigenvalue weighted by Crippen LogP contribution is -2.25. The highest BCUT2D eigenvalue weighted by molar-refractivity contribution is 8.01. The molecular weight excluding hydrogens is 162 g/mol. The molecule has 1 saturated heterocycles. The highest BCUT2D eigenvalue weighted by Crippen LogP contribution is 2.28. The Bertz CT molecular complexity index is 193. The Kier molecular flexibility index (Phi) is 2.54. The topological polar surface area (TPSA) is 50.2 Å². The van der Waals surface area contributed by atoms with E-state index in [1.165, 1.54) is 18.9 Å². The second kappa shape index (κ2) is 3.26. The molecule has 0 aliphatic carbocycles. The number of hydrogen-bond donors (Lipinski definition) is 1. The van der Waals surface area contributed by atoms with Gasteiger partial charge in [0.15, 0.2) is 0 Å². The Labute approximate surface area is 70.0 Å². The van der Waals surface area contributed by atoms with Crippen LogP contribution < -0.4 is 0 Å². The maximum atomic E-state index is 11.0. The lowest BCUT2D eigenvalue weighted by atomic mass is 10.1. The molecule has 4 heteroatoms. The highest BCUT2D eigenvalue weighted by Gasteiger charge is 2.34. The van der Waals surface area contributed by atoms with Gasteiger partial charge in [0.2, 0.25) is 0 Å². The number of nitrogens with one attached hydrogen (secondary N) is 1. The SMILES string of the molecule is COC(=O)[C@@H]1SC[C@@H](C)C1=N. The van der Waals surface area contributed by atoms with Crippen LogP contribution in [-0.4, -0.2) is 29.8 Å². The van der Waals surface area contributed by atoms with E-state index < -0.39 is 0 Å². The van der Waals surface area contributed by atoms with E-state index in [1.807, 2.05) is 6.92 Å². The molecule has 0 spiro atoms. The first-order valence-corrected chi connectivity index (χ1v) is 4.49. The molecule has 0 aromatic rings. The average Bonchev–Trinajstić information content (AvgIpc) is 2.32. The van der Waals surface area contributed by atoms with Crippen molar-refractivity contribution >= 4 is 23.4 Å². The Morgan fingerprint density at radius 3 is 2.82 bits per heavy atom. The summed E-state index contributed by atoms with van der Waals surface area (Å²) in [5.74, 6) is 0.798. The summed E-state index contributed by atoms with van der Waals surface area (Å²) in [4.78, 5) is 11.0. The fraction of sp³-hybridized carbons (Fsp3) is 0.714. The van der Waals surface area contributed by atoms with Crippen LogP contribution in [0.1, 0.15) is 6.92 Å². The predicted molar refractivity (Wildman–Crippen MR) is 45.2 cm³/mol. The molecule has 1 aliphatic rings. The van der Waals surface area contributed by atoms with Gasteiger partial charge in [0, 0.05) is 17.4 Å². The van der Waals surface area contributed by atoms with Crippen LogP contribution in [0.4, 0.5) is 0 Å². The molecule has 1 fully saturated rings. The van der Waals surface area contributed by atoms with E-state index in [4.69, 9.17) is 5.41 Å². The van der Waals surface area contributed by atoms with Crippen molar-refractivity contribution in [1.82, 2.24) is 0 Å². The Hall–Kier alpha value is -0.510. The third-order valence-corrected chi connectivity index (χ3v) is 3.21. The normalized spacial score (nSPS) is 30.5. The zero-order chi connectivity index (χ0) is 8.43. The van der Waals surface area contributed by atoms with Crippen molar-refractivity contribution in [3.8, 4) is 0 Å². The van der Waals surface area contributed by atoms with Gasteiger partial charge >= 0.3 is 5.97 Å². The Balaban J connectivity index is 2.62. The fourth-order valence-electron chi connectivity index (χ4n) is 0.981. The smallest absolute Gasteiger partial charge is 0.324 e. The van der Waals surface area contributed by atoms with Crippen LogP contribution in [0.15, 0.2) is 0 Å². The lowest BCUT2D eigenvalue weighted by molar-refractivity contribution is -0.138. The summed E-state index contributed by atoms with van der Waals surface area (Å²) in [6.07, 6.45) is 0. The number of rotatable bonds is 1. The Morgan fingerprint density at radius 2 is 2.45 bits per heavy atom. The van der Waals surface area contributed by atoms with Crippen LogP contribution in [0, 0.1) is 11.3 Å². The summed E-state index contributed by atoms with van der Waals surface area (Å²) in [5, 5.41) is 7.19. The fourth-order valence-corrected chi connectivity index (χ4v) is 2.29. The first kappa shape index (κ1) is 8.59. The third kappa shape index (κ3) is 1.56. The number of esters is 1. The highest BCUT2D eigenvalue weighted by atomic mass is 32.2. The molecule has 1 heterocycles. The monoisotopic (exact) mass is 173 g/mol. The largest absolute Gasteiger partial charge is 0.468 e. The number of hydrogen-bond acceptors (Lipinski definition) is 4. The van der Waals surface area contributed by atoms with Crippen LogP contribution in [-0.2, 0) is 9.53 Å². The molecule has 1 aliphatic heterocycles. The van der Waals surface area contributed by atoms with Gasteiger partial charge in [-0.1, -0.05) is 6.92 Å². The van der Waals surface area contributed by atoms with Gasteiger partial charge in [0.1, 0.15) is 5.25 Å². The van der Waals surface area contributed by atoms with Gasteiger partial charge in [-0.3, -0.25) is 4.79 Å². The van der Waals surface area contributed by atoms with Crippen LogP contribution in [0.25, 0.3) is 0 Å². The quantitative estimate of drug-likeness (QED) is 0.600. The minimum atomic E-state index is -0.338. The van der Waals surface area contributed by atoms with Gasteiger partial charge in [-0.05, 0) is 0 Å². The second-order valence-electron chi connectivity index (χ2n) is 2.59. The van der Waals surface area contributed by atoms with Gasteiger partial charge in [-0.2, -0.15) is 0 Å². The maximum absolute atomic E-state index is 11.0. The lowest BCUT2D eigenvalue weighted by Gasteiger charge is -2.06. The standard InChI is InChI=1S/C7H11NO2S/c1-4-3-11-6(5(4)8)7(9)10-2/h4,6,8H,3H2,1-2H3/t4-,6-/m1/s1. The number of carbonyl (C=O) groups excluding carboxylic acids is 1. The first-order valence-electron chi connectivity index (χ1n) is 3.44. The van der Waals surface area contributed by atoms with Gasteiger partial charge in [0.05, 0.1) is 7.11 Å². The van der Waals surface area contributed by atoms with Gasteiger partial charge in [0.25, 0.3) is 0 Å². The van der Waals surface area contributed by atoms with Crippen molar-refractivity contribution in [3.05, 3.63) is 0 Å². The summed E-state index contributed by atoms with van der Waals surface area (Å²) in [7, 11) is 1.36. The molecule has 0 aromatic carbocycles. The van der Waals surface area contributed by atoms with E-state index in [2.05, 4.69) is 4.74 Å². The molecule has 0 aromatic heterocycles. The third-order valence-electron chi connectivity index (χ3n) is 1.74. The van der Waals surface area contributed by atoms with Gasteiger partial charge < -0.3 is 10.1 Å². The number of methoxy groups -OCH3 is 1. The summed E-state index contributed by atoms with van der Waals surface area (Å²) in [6, 6.07) is 0. The molecule has 11 heavy (non-hydrogen) atoms. The molecular formula is C7H11NO2S. The van der Waals surface area contributed by atoms with Crippen molar-refractivity contribution in [2.24, 2.45) is 5.92 Å². The molecule has 62 valence electrons. The van der Waals surface area contributed by atoms with Crippen molar-refractivity contribution in [2.45, 2.75) is 12.2 Å². The van der Waals surface area contributed by atoms with E-state index in [0.29, 0.717) is 5.71 Å². The van der Waals surface area contributed by atoms with Crippen molar-refractivity contribution < 1.29 is 9.53 Å². The van der Waals surface area contributed by atoms with Crippen LogP contribution in [0.2, 0.25) is 0 Å². The molecule has 0 bridgehead atoms. The van der Waals surface area contributed by atoms with Crippen molar-refractivity contribution in [1.29, 1.82) is 5.41 Å². The van der Waals surface area contributed by atoms with E-state index >= 15 is 0 Å². The number of thioether (sulfide) groups is 1. The summed E-state index contributed by atoms with van der Waals surface area (Å²) < 4.78 is 4.55. The van der Waals surface area contributed by atoms with E-state index in [9.17, 15) is 4.79 Å². The maximum Gasteiger partial charge on any atom is 0.324 e. The Morgan fingerprint density at radius 1 is 1.82 bits per heavy atom. The summed E-state index contributed by atoms with van der Waals surface area (Å²) in [6.45, 7) is 1.96.